The van der Waals surface area contributed by atoms with E-state index in [4.69, 9.17) is 9.26 Å². The third-order valence-electron chi connectivity index (χ3n) is 4.54. The minimum Gasteiger partial charge on any atom is -0.497 e. The topological polar surface area (TPSA) is 72.2 Å². The molecule has 134 valence electrons. The lowest BCUT2D eigenvalue weighted by molar-refractivity contribution is 0.346. The van der Waals surface area contributed by atoms with Gasteiger partial charge in [-0.2, -0.15) is 4.98 Å². The van der Waals surface area contributed by atoms with E-state index in [0.29, 0.717) is 11.7 Å². The van der Waals surface area contributed by atoms with Gasteiger partial charge < -0.3 is 9.26 Å². The summed E-state index contributed by atoms with van der Waals surface area (Å²) in [6.45, 7) is 0.717. The highest BCUT2D eigenvalue weighted by Crippen LogP contribution is 2.34. The van der Waals surface area contributed by atoms with Crippen LogP contribution in [0.1, 0.15) is 23.4 Å². The van der Waals surface area contributed by atoms with Gasteiger partial charge in [-0.25, -0.2) is 5.43 Å². The molecular weight excluding hydrogens is 348 g/mol. The molecule has 2 N–H and O–H groups in total. The van der Waals surface area contributed by atoms with Crippen molar-refractivity contribution in [1.82, 2.24) is 21.0 Å². The molecule has 2 unspecified atom stereocenters. The first-order valence-electron chi connectivity index (χ1n) is 8.39. The van der Waals surface area contributed by atoms with E-state index in [0.717, 1.165) is 23.4 Å². The van der Waals surface area contributed by atoms with Crippen LogP contribution in [0.15, 0.2) is 57.9 Å². The van der Waals surface area contributed by atoms with E-state index in [1.54, 1.807) is 18.9 Å². The Morgan fingerprint density at radius 2 is 2.04 bits per heavy atom. The van der Waals surface area contributed by atoms with Gasteiger partial charge in [0.2, 0.25) is 11.7 Å². The van der Waals surface area contributed by atoms with E-state index in [-0.39, 0.29) is 12.0 Å². The molecule has 2 aromatic carbocycles. The van der Waals surface area contributed by atoms with Crippen molar-refractivity contribution in [1.29, 1.82) is 0 Å². The smallest absolute Gasteiger partial charge is 0.233 e. The van der Waals surface area contributed by atoms with Gasteiger partial charge in [0.25, 0.3) is 0 Å². The first kappa shape index (κ1) is 17.1. The number of benzene rings is 2. The number of ether oxygens (including phenoxy) is 1. The molecule has 0 bridgehead atoms. The van der Waals surface area contributed by atoms with Crippen molar-refractivity contribution in [2.75, 3.05) is 19.9 Å². The fourth-order valence-corrected chi connectivity index (χ4v) is 3.53. The van der Waals surface area contributed by atoms with E-state index in [1.165, 1.54) is 4.90 Å². The zero-order valence-electron chi connectivity index (χ0n) is 14.6. The molecule has 0 spiro atoms. The molecule has 1 aliphatic heterocycles. The van der Waals surface area contributed by atoms with E-state index in [2.05, 4.69) is 45.4 Å². The summed E-state index contributed by atoms with van der Waals surface area (Å²) in [5.74, 6) is 2.12. The SMILES string of the molecule is COc1cccc(C2NNCC2c2nc(-c3ccc(SC)cc3)no2)c1. The van der Waals surface area contributed by atoms with Gasteiger partial charge in [-0.1, -0.05) is 17.3 Å². The maximum atomic E-state index is 5.59. The minimum absolute atomic E-state index is 0.0391. The number of rotatable bonds is 5. The first-order chi connectivity index (χ1) is 12.8. The number of nitrogens with one attached hydrogen (secondary N) is 2. The Morgan fingerprint density at radius 3 is 2.81 bits per heavy atom. The minimum atomic E-state index is 0.0391. The van der Waals surface area contributed by atoms with Crippen LogP contribution in [0.5, 0.6) is 5.75 Å². The Balaban J connectivity index is 1.59. The second kappa shape index (κ2) is 7.49. The molecule has 1 fully saturated rings. The van der Waals surface area contributed by atoms with Gasteiger partial charge in [0, 0.05) is 17.0 Å². The molecule has 1 saturated heterocycles. The van der Waals surface area contributed by atoms with Gasteiger partial charge in [0.05, 0.1) is 19.1 Å². The highest BCUT2D eigenvalue weighted by molar-refractivity contribution is 7.98. The molecule has 1 aromatic heterocycles. The summed E-state index contributed by atoms with van der Waals surface area (Å²) in [7, 11) is 1.67. The number of hydrazine groups is 1. The zero-order chi connectivity index (χ0) is 17.9. The van der Waals surface area contributed by atoms with Crippen LogP contribution in [-0.2, 0) is 0 Å². The molecule has 2 heterocycles. The molecule has 3 aromatic rings. The van der Waals surface area contributed by atoms with E-state index >= 15 is 0 Å². The van der Waals surface area contributed by atoms with Gasteiger partial charge in [-0.15, -0.1) is 11.8 Å². The van der Waals surface area contributed by atoms with Crippen molar-refractivity contribution in [2.45, 2.75) is 16.9 Å². The van der Waals surface area contributed by atoms with Gasteiger partial charge in [0.15, 0.2) is 0 Å². The van der Waals surface area contributed by atoms with Crippen LogP contribution in [0.4, 0.5) is 0 Å². The van der Waals surface area contributed by atoms with Crippen molar-refractivity contribution in [3.05, 3.63) is 60.0 Å². The molecular formula is C19H20N4O2S. The predicted molar refractivity (Wildman–Crippen MR) is 101 cm³/mol. The van der Waals surface area contributed by atoms with Crippen molar-refractivity contribution in [3.63, 3.8) is 0 Å². The number of thioether (sulfide) groups is 1. The largest absolute Gasteiger partial charge is 0.497 e. The van der Waals surface area contributed by atoms with Crippen LogP contribution in [0.3, 0.4) is 0 Å². The Morgan fingerprint density at radius 1 is 1.19 bits per heavy atom. The fourth-order valence-electron chi connectivity index (χ4n) is 3.12. The lowest BCUT2D eigenvalue weighted by Gasteiger charge is -2.16. The normalized spacial score (nSPS) is 19.6. The van der Waals surface area contributed by atoms with Crippen molar-refractivity contribution in [2.24, 2.45) is 0 Å². The molecule has 0 radical (unpaired) electrons. The number of hydrogen-bond acceptors (Lipinski definition) is 7. The molecule has 26 heavy (non-hydrogen) atoms. The average molecular weight is 368 g/mol. The quantitative estimate of drug-likeness (QED) is 0.669. The second-order valence-electron chi connectivity index (χ2n) is 6.07. The number of aromatic nitrogens is 2. The molecule has 0 saturated carbocycles. The van der Waals surface area contributed by atoms with Crippen molar-refractivity contribution < 1.29 is 9.26 Å². The highest BCUT2D eigenvalue weighted by Gasteiger charge is 2.34. The van der Waals surface area contributed by atoms with Crippen LogP contribution in [-0.4, -0.2) is 30.1 Å². The van der Waals surface area contributed by atoms with E-state index in [9.17, 15) is 0 Å². The number of nitrogens with zero attached hydrogens (tertiary/aromatic N) is 2. The maximum Gasteiger partial charge on any atom is 0.233 e. The summed E-state index contributed by atoms with van der Waals surface area (Å²) in [6.07, 6.45) is 2.06. The molecule has 0 aliphatic carbocycles. The fraction of sp³-hybridized carbons (Fsp3) is 0.263. The van der Waals surface area contributed by atoms with Crippen LogP contribution >= 0.6 is 11.8 Å². The zero-order valence-corrected chi connectivity index (χ0v) is 15.4. The Labute approximate surface area is 156 Å². The Hall–Kier alpha value is -2.35. The predicted octanol–water partition coefficient (Wildman–Crippen LogP) is 3.40. The Bertz CT molecular complexity index is 881. The van der Waals surface area contributed by atoms with Crippen LogP contribution in [0.2, 0.25) is 0 Å². The lowest BCUT2D eigenvalue weighted by Crippen LogP contribution is -2.24. The third-order valence-corrected chi connectivity index (χ3v) is 5.29. The average Bonchev–Trinajstić information content (AvgIpc) is 3.37. The van der Waals surface area contributed by atoms with E-state index < -0.39 is 0 Å². The van der Waals surface area contributed by atoms with Crippen LogP contribution in [0, 0.1) is 0 Å². The van der Waals surface area contributed by atoms with Crippen molar-refractivity contribution in [3.8, 4) is 17.1 Å². The van der Waals surface area contributed by atoms with Gasteiger partial charge in [-0.3, -0.25) is 5.43 Å². The first-order valence-corrected chi connectivity index (χ1v) is 9.61. The summed E-state index contributed by atoms with van der Waals surface area (Å²) in [4.78, 5) is 5.85. The molecule has 2 atom stereocenters. The number of methoxy groups -OCH3 is 1. The van der Waals surface area contributed by atoms with Crippen molar-refractivity contribution >= 4 is 11.8 Å². The Kier molecular flexibility index (Phi) is 4.92. The lowest BCUT2D eigenvalue weighted by atomic mass is 9.94. The van der Waals surface area contributed by atoms with Crippen LogP contribution < -0.4 is 15.6 Å². The molecule has 6 nitrogen and oxygen atoms in total. The third kappa shape index (κ3) is 3.33. The van der Waals surface area contributed by atoms with E-state index in [1.807, 2.05) is 30.3 Å². The molecule has 4 rings (SSSR count). The summed E-state index contributed by atoms with van der Waals surface area (Å²) >= 11 is 1.71. The standard InChI is InChI=1S/C19H20N4O2S/c1-24-14-5-3-4-13(10-14)17-16(11-20-22-17)19-21-18(23-25-19)12-6-8-15(26-2)9-7-12/h3-10,16-17,20,22H,11H2,1-2H3. The summed E-state index contributed by atoms with van der Waals surface area (Å²) < 4.78 is 10.9. The molecule has 0 amide bonds. The second-order valence-corrected chi connectivity index (χ2v) is 6.95. The summed E-state index contributed by atoms with van der Waals surface area (Å²) in [5, 5.41) is 4.18. The molecule has 7 heteroatoms. The summed E-state index contributed by atoms with van der Waals surface area (Å²) in [6, 6.07) is 16.2. The highest BCUT2D eigenvalue weighted by atomic mass is 32.2. The number of hydrogen-bond donors (Lipinski definition) is 2. The molecule has 1 aliphatic rings. The van der Waals surface area contributed by atoms with Gasteiger partial charge in [-0.05, 0) is 48.2 Å². The summed E-state index contributed by atoms with van der Waals surface area (Å²) in [5.41, 5.74) is 8.57. The van der Waals surface area contributed by atoms with Crippen LogP contribution in [0.25, 0.3) is 11.4 Å². The van der Waals surface area contributed by atoms with Gasteiger partial charge in [0.1, 0.15) is 5.75 Å². The van der Waals surface area contributed by atoms with Gasteiger partial charge >= 0.3 is 0 Å². The maximum absolute atomic E-state index is 5.59. The monoisotopic (exact) mass is 368 g/mol.